The van der Waals surface area contributed by atoms with Crippen molar-refractivity contribution < 1.29 is 22.7 Å². The Balaban J connectivity index is 1.62. The second kappa shape index (κ2) is 10.7. The van der Waals surface area contributed by atoms with Gasteiger partial charge < -0.3 is 15.4 Å². The highest BCUT2D eigenvalue weighted by Crippen LogP contribution is 2.23. The first-order chi connectivity index (χ1) is 15.6. The molecule has 0 radical (unpaired) electrons. The molecule has 1 aliphatic carbocycles. The highest BCUT2D eigenvalue weighted by Gasteiger charge is 2.21. The maximum absolute atomic E-state index is 12.8. The van der Waals surface area contributed by atoms with E-state index in [0.29, 0.717) is 22.7 Å². The van der Waals surface area contributed by atoms with Crippen LogP contribution in [0.25, 0.3) is 0 Å². The molecule has 1 fully saturated rings. The lowest BCUT2D eigenvalue weighted by Crippen LogP contribution is -2.37. The Hall–Kier alpha value is -3.07. The largest absolute Gasteiger partial charge is 0.481 e. The fourth-order valence-electron chi connectivity index (χ4n) is 3.72. The minimum Gasteiger partial charge on any atom is -0.481 e. The van der Waals surface area contributed by atoms with Gasteiger partial charge in [0, 0.05) is 13.1 Å². The van der Waals surface area contributed by atoms with Gasteiger partial charge in [0.2, 0.25) is 10.0 Å². The third kappa shape index (κ3) is 6.71. The average molecular weight is 474 g/mol. The molecule has 0 bridgehead atoms. The highest BCUT2D eigenvalue weighted by molar-refractivity contribution is 7.92. The van der Waals surface area contributed by atoms with Crippen LogP contribution < -0.4 is 19.7 Å². The quantitative estimate of drug-likeness (QED) is 0.610. The smallest absolute Gasteiger partial charge is 0.265 e. The van der Waals surface area contributed by atoms with Crippen LogP contribution in [-0.4, -0.2) is 45.7 Å². The number of ether oxygens (including phenoxy) is 1. The lowest BCUT2D eigenvalue weighted by molar-refractivity contribution is -0.122. The zero-order valence-corrected chi connectivity index (χ0v) is 20.0. The van der Waals surface area contributed by atoms with Gasteiger partial charge in [-0.3, -0.25) is 13.9 Å². The molecular formula is C24H31N3O5S. The zero-order valence-electron chi connectivity index (χ0n) is 19.2. The molecule has 2 N–H and O–H groups in total. The molecule has 0 spiro atoms. The maximum Gasteiger partial charge on any atom is 0.265 e. The number of benzene rings is 2. The summed E-state index contributed by atoms with van der Waals surface area (Å²) in [6.07, 6.45) is 5.67. The number of carbonyl (C=O) groups is 2. The van der Waals surface area contributed by atoms with Crippen LogP contribution in [0.3, 0.4) is 0 Å². The Morgan fingerprint density at radius 2 is 1.67 bits per heavy atom. The Morgan fingerprint density at radius 1 is 1.03 bits per heavy atom. The molecule has 0 unspecified atom stereocenters. The van der Waals surface area contributed by atoms with E-state index >= 15 is 0 Å². The fraction of sp³-hybridized carbons (Fsp3) is 0.417. The fourth-order valence-corrected chi connectivity index (χ4v) is 4.22. The van der Waals surface area contributed by atoms with Crippen molar-refractivity contribution in [1.29, 1.82) is 0 Å². The number of rotatable bonds is 8. The third-order valence-electron chi connectivity index (χ3n) is 5.75. The first-order valence-corrected chi connectivity index (χ1v) is 12.9. The highest BCUT2D eigenvalue weighted by atomic mass is 32.2. The number of para-hydroxylation sites is 1. The van der Waals surface area contributed by atoms with Crippen LogP contribution in [0.4, 0.5) is 11.4 Å². The van der Waals surface area contributed by atoms with Crippen molar-refractivity contribution in [2.75, 3.05) is 22.9 Å². The summed E-state index contributed by atoms with van der Waals surface area (Å²) in [6, 6.07) is 13.5. The van der Waals surface area contributed by atoms with Crippen molar-refractivity contribution in [3.8, 4) is 5.75 Å². The molecule has 1 atom stereocenters. The molecule has 33 heavy (non-hydrogen) atoms. The van der Waals surface area contributed by atoms with Gasteiger partial charge in [-0.25, -0.2) is 8.42 Å². The summed E-state index contributed by atoms with van der Waals surface area (Å²) in [5, 5.41) is 5.86. The van der Waals surface area contributed by atoms with E-state index in [1.165, 1.54) is 13.5 Å². The van der Waals surface area contributed by atoms with Gasteiger partial charge >= 0.3 is 0 Å². The normalized spacial score (nSPS) is 15.4. The molecule has 1 aliphatic rings. The lowest BCUT2D eigenvalue weighted by Gasteiger charge is -2.23. The van der Waals surface area contributed by atoms with Crippen LogP contribution in [0.1, 0.15) is 49.4 Å². The molecule has 0 aromatic heterocycles. The number of hydrogen-bond donors (Lipinski definition) is 2. The number of carbonyl (C=O) groups excluding carboxylic acids is 2. The topological polar surface area (TPSA) is 105 Å². The van der Waals surface area contributed by atoms with Crippen LogP contribution in [0.15, 0.2) is 48.5 Å². The third-order valence-corrected chi connectivity index (χ3v) is 6.96. The van der Waals surface area contributed by atoms with Crippen molar-refractivity contribution in [2.24, 2.45) is 0 Å². The molecule has 0 saturated heterocycles. The van der Waals surface area contributed by atoms with Crippen molar-refractivity contribution in [2.45, 2.75) is 51.2 Å². The molecule has 0 heterocycles. The monoisotopic (exact) mass is 473 g/mol. The van der Waals surface area contributed by atoms with Gasteiger partial charge in [0.25, 0.3) is 11.8 Å². The number of nitrogens with one attached hydrogen (secondary N) is 2. The van der Waals surface area contributed by atoms with E-state index < -0.39 is 22.0 Å². The molecule has 178 valence electrons. The molecule has 2 amide bonds. The summed E-state index contributed by atoms with van der Waals surface area (Å²) in [7, 11) is -1.90. The molecule has 2 aromatic carbocycles. The van der Waals surface area contributed by atoms with Crippen LogP contribution >= 0.6 is 0 Å². The first-order valence-electron chi connectivity index (χ1n) is 11.1. The molecule has 2 aromatic rings. The number of anilines is 2. The van der Waals surface area contributed by atoms with Crippen molar-refractivity contribution in [1.82, 2.24) is 5.32 Å². The first kappa shape index (κ1) is 24.6. The predicted octanol–water partition coefficient (Wildman–Crippen LogP) is 3.55. The van der Waals surface area contributed by atoms with Gasteiger partial charge in [-0.2, -0.15) is 0 Å². The van der Waals surface area contributed by atoms with E-state index in [9.17, 15) is 18.0 Å². The SMILES string of the molecule is C[C@@H](Oc1ccc(N(C)S(C)(=O)=O)cc1)C(=O)Nc1ccccc1C(=O)NC1CCCCC1. The molecule has 8 nitrogen and oxygen atoms in total. The van der Waals surface area contributed by atoms with Crippen molar-refractivity contribution >= 4 is 33.2 Å². The Kier molecular flexibility index (Phi) is 7.97. The second-order valence-electron chi connectivity index (χ2n) is 8.33. The van der Waals surface area contributed by atoms with E-state index in [4.69, 9.17) is 4.74 Å². The van der Waals surface area contributed by atoms with E-state index in [0.717, 1.165) is 36.2 Å². The van der Waals surface area contributed by atoms with Crippen molar-refractivity contribution in [3.05, 3.63) is 54.1 Å². The van der Waals surface area contributed by atoms with E-state index in [-0.39, 0.29) is 11.9 Å². The summed E-state index contributed by atoms with van der Waals surface area (Å²) >= 11 is 0. The summed E-state index contributed by atoms with van der Waals surface area (Å²) in [6.45, 7) is 1.61. The van der Waals surface area contributed by atoms with Gasteiger partial charge in [0.15, 0.2) is 6.10 Å². The van der Waals surface area contributed by atoms with Crippen LogP contribution in [0.5, 0.6) is 5.75 Å². The van der Waals surface area contributed by atoms with E-state index in [1.807, 2.05) is 0 Å². The van der Waals surface area contributed by atoms with Gasteiger partial charge in [0.1, 0.15) is 5.75 Å². The van der Waals surface area contributed by atoms with Gasteiger partial charge in [0.05, 0.1) is 23.2 Å². The molecule has 1 saturated carbocycles. The Bertz CT molecular complexity index is 1080. The van der Waals surface area contributed by atoms with Gasteiger partial charge in [-0.1, -0.05) is 31.4 Å². The Labute approximate surface area is 195 Å². The number of hydrogen-bond acceptors (Lipinski definition) is 5. The lowest BCUT2D eigenvalue weighted by atomic mass is 9.95. The minimum absolute atomic E-state index is 0.168. The van der Waals surface area contributed by atoms with Crippen molar-refractivity contribution in [3.63, 3.8) is 0 Å². The minimum atomic E-state index is -3.36. The van der Waals surface area contributed by atoms with E-state index in [2.05, 4.69) is 10.6 Å². The van der Waals surface area contributed by atoms with Crippen LogP contribution in [0, 0.1) is 0 Å². The predicted molar refractivity (Wildman–Crippen MR) is 129 cm³/mol. The Morgan fingerprint density at radius 3 is 2.30 bits per heavy atom. The summed E-state index contributed by atoms with van der Waals surface area (Å²) in [4.78, 5) is 25.5. The number of amides is 2. The zero-order chi connectivity index (χ0) is 24.0. The summed E-state index contributed by atoms with van der Waals surface area (Å²) in [5.41, 5.74) is 1.33. The molecular weight excluding hydrogens is 442 g/mol. The van der Waals surface area contributed by atoms with Gasteiger partial charge in [-0.15, -0.1) is 0 Å². The van der Waals surface area contributed by atoms with E-state index in [1.54, 1.807) is 55.5 Å². The van der Waals surface area contributed by atoms with Crippen LogP contribution in [-0.2, 0) is 14.8 Å². The summed E-state index contributed by atoms with van der Waals surface area (Å²) in [5.74, 6) is -0.172. The maximum atomic E-state index is 12.8. The molecule has 0 aliphatic heterocycles. The molecule has 3 rings (SSSR count). The average Bonchev–Trinajstić information content (AvgIpc) is 2.79. The number of sulfonamides is 1. The number of nitrogens with zero attached hydrogens (tertiary/aromatic N) is 1. The summed E-state index contributed by atoms with van der Waals surface area (Å²) < 4.78 is 30.2. The second-order valence-corrected chi connectivity index (χ2v) is 10.3. The van der Waals surface area contributed by atoms with Crippen LogP contribution in [0.2, 0.25) is 0 Å². The standard InChI is InChI=1S/C24H31N3O5S/c1-17(32-20-15-13-19(14-16-20)27(2)33(3,30)31)23(28)26-22-12-8-7-11-21(22)24(29)25-18-9-5-4-6-10-18/h7-8,11-18H,4-6,9-10H2,1-3H3,(H,25,29)(H,26,28)/t17-/m1/s1. The molecule has 9 heteroatoms. The van der Waals surface area contributed by atoms with Gasteiger partial charge in [-0.05, 0) is 56.2 Å².